The molecule has 2 heterocycles. The van der Waals surface area contributed by atoms with Crippen molar-refractivity contribution in [3.63, 3.8) is 0 Å². The SMILES string of the molecule is CC(C)Oc1ccc(C(=O)NC(Cc2ccc(C3=NC(C(C)C)CO3)cc2)CN2C(=O)c3ccccc3C2=O)cc1Cl. The van der Waals surface area contributed by atoms with E-state index in [1.165, 1.54) is 4.90 Å². The quantitative estimate of drug-likeness (QED) is 0.313. The summed E-state index contributed by atoms with van der Waals surface area (Å²) in [6.07, 6.45) is 0.311. The number of benzene rings is 3. The van der Waals surface area contributed by atoms with Crippen LogP contribution in [0.15, 0.2) is 71.7 Å². The zero-order valence-electron chi connectivity index (χ0n) is 24.1. The molecule has 3 amide bonds. The van der Waals surface area contributed by atoms with Crippen LogP contribution in [-0.2, 0) is 11.2 Å². The van der Waals surface area contributed by atoms with Gasteiger partial charge >= 0.3 is 0 Å². The summed E-state index contributed by atoms with van der Waals surface area (Å²) >= 11 is 6.38. The molecule has 0 spiro atoms. The van der Waals surface area contributed by atoms with Gasteiger partial charge in [-0.3, -0.25) is 19.3 Å². The molecule has 2 aliphatic heterocycles. The second-order valence-electron chi connectivity index (χ2n) is 11.2. The fourth-order valence-electron chi connectivity index (χ4n) is 5.00. The first kappa shape index (κ1) is 29.3. The molecular formula is C33H34ClN3O5. The number of nitrogens with zero attached hydrogens (tertiary/aromatic N) is 2. The van der Waals surface area contributed by atoms with E-state index in [1.54, 1.807) is 42.5 Å². The van der Waals surface area contributed by atoms with Crippen LogP contribution in [0.3, 0.4) is 0 Å². The van der Waals surface area contributed by atoms with E-state index in [0.717, 1.165) is 11.1 Å². The molecule has 2 unspecified atom stereocenters. The number of halogens is 1. The number of hydrogen-bond acceptors (Lipinski definition) is 6. The molecule has 8 nitrogen and oxygen atoms in total. The molecule has 1 N–H and O–H groups in total. The van der Waals surface area contributed by atoms with Gasteiger partial charge in [0.1, 0.15) is 12.4 Å². The Balaban J connectivity index is 1.36. The maximum atomic E-state index is 13.4. The minimum absolute atomic E-state index is 0.00794. The van der Waals surface area contributed by atoms with E-state index < -0.39 is 6.04 Å². The molecule has 0 saturated heterocycles. The Kier molecular flexibility index (Phi) is 8.64. The maximum Gasteiger partial charge on any atom is 0.261 e. The van der Waals surface area contributed by atoms with Crippen LogP contribution in [0.5, 0.6) is 5.75 Å². The molecule has 2 atom stereocenters. The molecule has 0 radical (unpaired) electrons. The highest BCUT2D eigenvalue weighted by atomic mass is 35.5. The normalized spacial score (nSPS) is 16.9. The lowest BCUT2D eigenvalue weighted by atomic mass is 10.0. The first-order valence-electron chi connectivity index (χ1n) is 14.1. The van der Waals surface area contributed by atoms with Crippen LogP contribution >= 0.6 is 11.6 Å². The topological polar surface area (TPSA) is 97.3 Å². The Hall–Kier alpha value is -4.17. The minimum atomic E-state index is -0.568. The second-order valence-corrected chi connectivity index (χ2v) is 11.6. The molecule has 3 aromatic carbocycles. The lowest BCUT2D eigenvalue weighted by Crippen LogP contribution is -2.47. The third-order valence-corrected chi connectivity index (χ3v) is 7.59. The predicted molar refractivity (Wildman–Crippen MR) is 162 cm³/mol. The number of hydrogen-bond donors (Lipinski definition) is 1. The molecule has 42 heavy (non-hydrogen) atoms. The maximum absolute atomic E-state index is 13.4. The number of rotatable bonds is 10. The lowest BCUT2D eigenvalue weighted by Gasteiger charge is -2.24. The van der Waals surface area contributed by atoms with E-state index >= 15 is 0 Å². The number of imide groups is 1. The van der Waals surface area contributed by atoms with E-state index in [-0.39, 0.29) is 36.4 Å². The van der Waals surface area contributed by atoms with Gasteiger partial charge in [-0.1, -0.05) is 49.7 Å². The Morgan fingerprint density at radius 1 is 1.02 bits per heavy atom. The first-order chi connectivity index (χ1) is 20.1. The number of nitrogens with one attached hydrogen (secondary N) is 1. The molecule has 218 valence electrons. The molecule has 0 aromatic heterocycles. The summed E-state index contributed by atoms with van der Waals surface area (Å²) in [4.78, 5) is 45.5. The number of carbonyl (C=O) groups is 3. The standard InChI is InChI=1S/C33H34ClN3O5/c1-19(2)28-18-41-31(36-28)22-11-9-21(10-12-22)15-24(17-37-32(39)25-7-5-6-8-26(25)33(37)40)35-30(38)23-13-14-29(27(34)16-23)42-20(3)4/h5-14,16,19-20,24,28H,15,17-18H2,1-4H3,(H,35,38). The third kappa shape index (κ3) is 6.34. The Morgan fingerprint density at radius 3 is 2.26 bits per heavy atom. The van der Waals surface area contributed by atoms with Gasteiger partial charge < -0.3 is 14.8 Å². The van der Waals surface area contributed by atoms with Crippen molar-refractivity contribution >= 4 is 35.2 Å². The molecule has 0 bridgehead atoms. The van der Waals surface area contributed by atoms with Crippen LogP contribution in [-0.4, -0.2) is 59.9 Å². The van der Waals surface area contributed by atoms with Crippen molar-refractivity contribution in [3.8, 4) is 5.75 Å². The van der Waals surface area contributed by atoms with Gasteiger partial charge in [0, 0.05) is 17.7 Å². The van der Waals surface area contributed by atoms with Crippen molar-refractivity contribution in [2.75, 3.05) is 13.2 Å². The van der Waals surface area contributed by atoms with Crippen LogP contribution in [0.4, 0.5) is 0 Å². The van der Waals surface area contributed by atoms with Crippen molar-refractivity contribution in [2.24, 2.45) is 10.9 Å². The number of aliphatic imine (C=N–C) groups is 1. The molecule has 2 aliphatic rings. The van der Waals surface area contributed by atoms with E-state index in [4.69, 9.17) is 26.1 Å². The van der Waals surface area contributed by atoms with Gasteiger partial charge in [0.05, 0.1) is 34.3 Å². The largest absolute Gasteiger partial charge is 0.489 e. The smallest absolute Gasteiger partial charge is 0.261 e. The second kappa shape index (κ2) is 12.4. The first-order valence-corrected chi connectivity index (χ1v) is 14.5. The fourth-order valence-corrected chi connectivity index (χ4v) is 5.23. The molecule has 0 saturated carbocycles. The highest BCUT2D eigenvalue weighted by Gasteiger charge is 2.36. The van der Waals surface area contributed by atoms with Crippen LogP contribution in [0.25, 0.3) is 0 Å². The number of amides is 3. The molecule has 0 fully saturated rings. The summed E-state index contributed by atoms with van der Waals surface area (Å²) in [5.74, 6) is 0.375. The Bertz CT molecular complexity index is 1500. The summed E-state index contributed by atoms with van der Waals surface area (Å²) in [6, 6.07) is 18.9. The zero-order valence-corrected chi connectivity index (χ0v) is 24.9. The van der Waals surface area contributed by atoms with Crippen LogP contribution < -0.4 is 10.1 Å². The summed E-state index contributed by atoms with van der Waals surface area (Å²) in [5, 5.41) is 3.34. The van der Waals surface area contributed by atoms with E-state index in [1.807, 2.05) is 38.1 Å². The van der Waals surface area contributed by atoms with Gasteiger partial charge in [-0.05, 0) is 74.2 Å². The average molecular weight is 588 g/mol. The molecule has 0 aliphatic carbocycles. The average Bonchev–Trinajstić information content (AvgIpc) is 3.55. The number of ether oxygens (including phenoxy) is 2. The molecule has 5 rings (SSSR count). The van der Waals surface area contributed by atoms with Crippen LogP contribution in [0.2, 0.25) is 5.02 Å². The summed E-state index contributed by atoms with van der Waals surface area (Å²) < 4.78 is 11.5. The van der Waals surface area contributed by atoms with Gasteiger partial charge in [-0.15, -0.1) is 0 Å². The monoisotopic (exact) mass is 587 g/mol. The van der Waals surface area contributed by atoms with Gasteiger partial charge in [0.2, 0.25) is 5.90 Å². The molecule has 9 heteroatoms. The molecular weight excluding hydrogens is 554 g/mol. The van der Waals surface area contributed by atoms with Crippen LogP contribution in [0.1, 0.15) is 69.9 Å². The predicted octanol–water partition coefficient (Wildman–Crippen LogP) is 5.57. The lowest BCUT2D eigenvalue weighted by molar-refractivity contribution is 0.0628. The van der Waals surface area contributed by atoms with Crippen molar-refractivity contribution in [1.29, 1.82) is 0 Å². The van der Waals surface area contributed by atoms with Crippen molar-refractivity contribution in [1.82, 2.24) is 10.2 Å². The summed E-state index contributed by atoms with van der Waals surface area (Å²) in [7, 11) is 0. The van der Waals surface area contributed by atoms with E-state index in [2.05, 4.69) is 19.2 Å². The van der Waals surface area contributed by atoms with E-state index in [9.17, 15) is 14.4 Å². The van der Waals surface area contributed by atoms with Gasteiger partial charge in [0.25, 0.3) is 17.7 Å². The van der Waals surface area contributed by atoms with Gasteiger partial charge in [-0.2, -0.15) is 0 Å². The van der Waals surface area contributed by atoms with Crippen molar-refractivity contribution in [2.45, 2.75) is 52.3 Å². The molecule has 3 aromatic rings. The Morgan fingerprint density at radius 2 is 1.69 bits per heavy atom. The zero-order chi connectivity index (χ0) is 30.0. The summed E-state index contributed by atoms with van der Waals surface area (Å²) in [6.45, 7) is 8.60. The minimum Gasteiger partial charge on any atom is -0.489 e. The summed E-state index contributed by atoms with van der Waals surface area (Å²) in [5.41, 5.74) is 2.86. The van der Waals surface area contributed by atoms with Gasteiger partial charge in [0.15, 0.2) is 0 Å². The Labute approximate surface area is 250 Å². The highest BCUT2D eigenvalue weighted by Crippen LogP contribution is 2.27. The van der Waals surface area contributed by atoms with Crippen molar-refractivity contribution < 1.29 is 23.9 Å². The number of carbonyl (C=O) groups excluding carboxylic acids is 3. The highest BCUT2D eigenvalue weighted by molar-refractivity contribution is 6.32. The van der Waals surface area contributed by atoms with Crippen LogP contribution in [0, 0.1) is 5.92 Å². The van der Waals surface area contributed by atoms with Gasteiger partial charge in [-0.25, -0.2) is 4.99 Å². The van der Waals surface area contributed by atoms with E-state index in [0.29, 0.717) is 52.3 Å². The fraction of sp³-hybridized carbons (Fsp3) is 0.333. The third-order valence-electron chi connectivity index (χ3n) is 7.30. The van der Waals surface area contributed by atoms with Crippen molar-refractivity contribution in [3.05, 3.63) is 99.6 Å². The number of fused-ring (bicyclic) bond motifs is 1.